The number of nitro groups is 1. The van der Waals surface area contributed by atoms with E-state index in [2.05, 4.69) is 10.3 Å². The van der Waals surface area contributed by atoms with Gasteiger partial charge in [-0.15, -0.1) is 0 Å². The van der Waals surface area contributed by atoms with Crippen molar-refractivity contribution in [3.05, 3.63) is 27.4 Å². The van der Waals surface area contributed by atoms with Crippen LogP contribution in [0.5, 0.6) is 0 Å². The Morgan fingerprint density at radius 2 is 2.22 bits per heavy atom. The fourth-order valence-corrected chi connectivity index (χ4v) is 2.55. The highest BCUT2D eigenvalue weighted by Gasteiger charge is 2.17. The summed E-state index contributed by atoms with van der Waals surface area (Å²) in [4.78, 5) is 14.4. The van der Waals surface area contributed by atoms with Gasteiger partial charge < -0.3 is 5.32 Å². The molecule has 1 saturated carbocycles. The minimum absolute atomic E-state index is 0.0612. The van der Waals surface area contributed by atoms with Crippen molar-refractivity contribution in [1.29, 1.82) is 0 Å². The molecule has 0 saturated heterocycles. The monoisotopic (exact) mass is 269 g/mol. The van der Waals surface area contributed by atoms with Crippen LogP contribution in [-0.4, -0.2) is 16.5 Å². The standard InChI is InChI=1S/C12H16ClN3O2/c13-10-7-11(16(17)18)12(15-8-10)14-6-5-9-3-1-2-4-9/h7-9H,1-6H2,(H,14,15). The summed E-state index contributed by atoms with van der Waals surface area (Å²) < 4.78 is 0. The van der Waals surface area contributed by atoms with E-state index in [1.807, 2.05) is 0 Å². The molecule has 2 rings (SSSR count). The molecule has 0 spiro atoms. The lowest BCUT2D eigenvalue weighted by Crippen LogP contribution is -2.09. The Kier molecular flexibility index (Phi) is 4.36. The molecule has 5 nitrogen and oxygen atoms in total. The summed E-state index contributed by atoms with van der Waals surface area (Å²) in [5.41, 5.74) is -0.0612. The first kappa shape index (κ1) is 13.1. The van der Waals surface area contributed by atoms with E-state index in [9.17, 15) is 10.1 Å². The third-order valence-electron chi connectivity index (χ3n) is 3.35. The first-order valence-electron chi connectivity index (χ1n) is 6.20. The Bertz CT molecular complexity index is 433. The van der Waals surface area contributed by atoms with Crippen molar-refractivity contribution in [3.63, 3.8) is 0 Å². The molecular weight excluding hydrogens is 254 g/mol. The summed E-state index contributed by atoms with van der Waals surface area (Å²) in [5, 5.41) is 14.2. The van der Waals surface area contributed by atoms with E-state index < -0.39 is 4.92 Å². The molecule has 1 fully saturated rings. The zero-order valence-electron chi connectivity index (χ0n) is 10.1. The second-order valence-corrected chi connectivity index (χ2v) is 5.08. The maximum atomic E-state index is 10.9. The molecular formula is C12H16ClN3O2. The molecule has 0 aliphatic heterocycles. The molecule has 1 aliphatic carbocycles. The van der Waals surface area contributed by atoms with Gasteiger partial charge in [0.15, 0.2) is 0 Å². The highest BCUT2D eigenvalue weighted by atomic mass is 35.5. The van der Waals surface area contributed by atoms with Crippen LogP contribution in [0.4, 0.5) is 11.5 Å². The van der Waals surface area contributed by atoms with Crippen LogP contribution in [0.2, 0.25) is 5.02 Å². The van der Waals surface area contributed by atoms with Gasteiger partial charge >= 0.3 is 5.69 Å². The minimum atomic E-state index is -0.462. The number of aromatic nitrogens is 1. The van der Waals surface area contributed by atoms with Crippen LogP contribution in [0.15, 0.2) is 12.3 Å². The lowest BCUT2D eigenvalue weighted by Gasteiger charge is -2.10. The molecule has 1 aromatic rings. The van der Waals surface area contributed by atoms with Crippen LogP contribution in [0.25, 0.3) is 0 Å². The van der Waals surface area contributed by atoms with E-state index in [0.717, 1.165) is 18.9 Å². The van der Waals surface area contributed by atoms with E-state index in [1.165, 1.54) is 37.9 Å². The predicted molar refractivity (Wildman–Crippen MR) is 71.0 cm³/mol. The SMILES string of the molecule is O=[N+]([O-])c1cc(Cl)cnc1NCCC1CCCC1. The van der Waals surface area contributed by atoms with Crippen LogP contribution in [0.1, 0.15) is 32.1 Å². The highest BCUT2D eigenvalue weighted by Crippen LogP contribution is 2.28. The van der Waals surface area contributed by atoms with Gasteiger partial charge in [-0.3, -0.25) is 10.1 Å². The maximum Gasteiger partial charge on any atom is 0.312 e. The summed E-state index contributed by atoms with van der Waals surface area (Å²) in [6.07, 6.45) is 7.64. The number of nitrogens with one attached hydrogen (secondary N) is 1. The van der Waals surface area contributed by atoms with Gasteiger partial charge in [-0.25, -0.2) is 4.98 Å². The van der Waals surface area contributed by atoms with E-state index in [1.54, 1.807) is 0 Å². The van der Waals surface area contributed by atoms with Crippen molar-refractivity contribution >= 4 is 23.1 Å². The molecule has 0 aromatic carbocycles. The number of hydrogen-bond donors (Lipinski definition) is 1. The van der Waals surface area contributed by atoms with Gasteiger partial charge in [-0.1, -0.05) is 37.3 Å². The minimum Gasteiger partial charge on any atom is -0.364 e. The summed E-state index contributed by atoms with van der Waals surface area (Å²) >= 11 is 5.70. The van der Waals surface area contributed by atoms with Crippen molar-refractivity contribution in [3.8, 4) is 0 Å². The molecule has 1 aliphatic rings. The molecule has 1 aromatic heterocycles. The molecule has 6 heteroatoms. The molecule has 0 unspecified atom stereocenters. The number of pyridine rings is 1. The summed E-state index contributed by atoms with van der Waals surface area (Å²) in [7, 11) is 0. The topological polar surface area (TPSA) is 68.1 Å². The first-order valence-corrected chi connectivity index (χ1v) is 6.58. The molecule has 18 heavy (non-hydrogen) atoms. The van der Waals surface area contributed by atoms with Crippen LogP contribution in [-0.2, 0) is 0 Å². The number of rotatable bonds is 5. The summed E-state index contributed by atoms with van der Waals surface area (Å²) in [6.45, 7) is 0.722. The third-order valence-corrected chi connectivity index (χ3v) is 3.56. The number of anilines is 1. The van der Waals surface area contributed by atoms with Crippen molar-refractivity contribution < 1.29 is 4.92 Å². The van der Waals surface area contributed by atoms with Gasteiger partial charge in [-0.05, 0) is 12.3 Å². The Morgan fingerprint density at radius 1 is 1.50 bits per heavy atom. The van der Waals surface area contributed by atoms with Gasteiger partial charge in [0.2, 0.25) is 5.82 Å². The molecule has 0 atom stereocenters. The smallest absolute Gasteiger partial charge is 0.312 e. The van der Waals surface area contributed by atoms with Crippen LogP contribution >= 0.6 is 11.6 Å². The zero-order chi connectivity index (χ0) is 13.0. The largest absolute Gasteiger partial charge is 0.364 e. The Morgan fingerprint density at radius 3 is 2.89 bits per heavy atom. The molecule has 98 valence electrons. The third kappa shape index (κ3) is 3.32. The Balaban J connectivity index is 1.93. The van der Waals surface area contributed by atoms with Crippen molar-refractivity contribution in [2.75, 3.05) is 11.9 Å². The predicted octanol–water partition coefficient (Wildman–Crippen LogP) is 3.64. The molecule has 0 amide bonds. The van der Waals surface area contributed by atoms with Crippen molar-refractivity contribution in [1.82, 2.24) is 4.98 Å². The Hall–Kier alpha value is -1.36. The first-order chi connectivity index (χ1) is 8.66. The van der Waals surface area contributed by atoms with E-state index in [0.29, 0.717) is 5.82 Å². The lowest BCUT2D eigenvalue weighted by molar-refractivity contribution is -0.384. The van der Waals surface area contributed by atoms with Gasteiger partial charge in [0.25, 0.3) is 0 Å². The number of hydrogen-bond acceptors (Lipinski definition) is 4. The normalized spacial score (nSPS) is 15.8. The summed E-state index contributed by atoms with van der Waals surface area (Å²) in [5.74, 6) is 1.06. The van der Waals surface area contributed by atoms with E-state index in [-0.39, 0.29) is 10.7 Å². The van der Waals surface area contributed by atoms with Crippen LogP contribution < -0.4 is 5.32 Å². The van der Waals surface area contributed by atoms with Crippen molar-refractivity contribution in [2.45, 2.75) is 32.1 Å². The fraction of sp³-hybridized carbons (Fsp3) is 0.583. The van der Waals surface area contributed by atoms with Gasteiger partial charge in [-0.2, -0.15) is 0 Å². The van der Waals surface area contributed by atoms with E-state index >= 15 is 0 Å². The second-order valence-electron chi connectivity index (χ2n) is 4.64. The molecule has 1 heterocycles. The quantitative estimate of drug-likeness (QED) is 0.655. The van der Waals surface area contributed by atoms with Crippen LogP contribution in [0, 0.1) is 16.0 Å². The van der Waals surface area contributed by atoms with Gasteiger partial charge in [0, 0.05) is 18.8 Å². The average Bonchev–Trinajstić information content (AvgIpc) is 2.84. The average molecular weight is 270 g/mol. The van der Waals surface area contributed by atoms with Crippen molar-refractivity contribution in [2.24, 2.45) is 5.92 Å². The molecule has 0 radical (unpaired) electrons. The van der Waals surface area contributed by atoms with E-state index in [4.69, 9.17) is 11.6 Å². The Labute approximate surface area is 111 Å². The highest BCUT2D eigenvalue weighted by molar-refractivity contribution is 6.30. The van der Waals surface area contributed by atoms with Crippen LogP contribution in [0.3, 0.4) is 0 Å². The maximum absolute atomic E-state index is 10.9. The van der Waals surface area contributed by atoms with Gasteiger partial charge in [0.1, 0.15) is 0 Å². The zero-order valence-corrected chi connectivity index (χ0v) is 10.8. The lowest BCUT2D eigenvalue weighted by atomic mass is 10.0. The fourth-order valence-electron chi connectivity index (χ4n) is 2.40. The number of halogens is 1. The molecule has 0 bridgehead atoms. The second kappa shape index (κ2) is 6.00. The number of nitrogens with zero attached hydrogens (tertiary/aromatic N) is 2. The van der Waals surface area contributed by atoms with Gasteiger partial charge in [0.05, 0.1) is 9.95 Å². The molecule has 1 N–H and O–H groups in total. The summed E-state index contributed by atoms with van der Waals surface area (Å²) in [6, 6.07) is 1.33.